The highest BCUT2D eigenvalue weighted by molar-refractivity contribution is 7.92. The molecule has 0 bridgehead atoms. The van der Waals surface area contributed by atoms with Gasteiger partial charge in [0, 0.05) is 12.7 Å². The third-order valence-corrected chi connectivity index (χ3v) is 7.71. The predicted octanol–water partition coefficient (Wildman–Crippen LogP) is 5.94. The van der Waals surface area contributed by atoms with E-state index in [0.717, 1.165) is 16.3 Å². The van der Waals surface area contributed by atoms with Gasteiger partial charge in [-0.3, -0.25) is 9.10 Å². The number of sulfonamides is 1. The Labute approximate surface area is 200 Å². The molecule has 0 aliphatic heterocycles. The number of amides is 1. The Hall–Kier alpha value is -3.03. The Bertz CT molecular complexity index is 1260. The molecule has 3 rings (SSSR count). The van der Waals surface area contributed by atoms with E-state index in [1.807, 2.05) is 24.3 Å². The molecule has 1 atom stereocenters. The van der Waals surface area contributed by atoms with Gasteiger partial charge in [-0.1, -0.05) is 55.8 Å². The third-order valence-electron chi connectivity index (χ3n) is 5.62. The van der Waals surface area contributed by atoms with Crippen LogP contribution < -0.4 is 14.4 Å². The first-order chi connectivity index (χ1) is 15.7. The monoisotopic (exact) mass is 486 g/mol. The molecule has 0 unspecified atom stereocenters. The van der Waals surface area contributed by atoms with E-state index in [2.05, 4.69) is 19.2 Å². The highest BCUT2D eigenvalue weighted by Gasteiger charge is 2.26. The molecule has 6 nitrogen and oxygen atoms in total. The number of ether oxygens (including phenoxy) is 1. The van der Waals surface area contributed by atoms with Crippen LogP contribution in [0.3, 0.4) is 0 Å². The van der Waals surface area contributed by atoms with Crippen LogP contribution in [0.4, 0.5) is 11.4 Å². The molecular weight excluding hydrogens is 460 g/mol. The summed E-state index contributed by atoms with van der Waals surface area (Å²) in [6.07, 6.45) is 0.913. The van der Waals surface area contributed by atoms with Crippen molar-refractivity contribution in [3.63, 3.8) is 0 Å². The van der Waals surface area contributed by atoms with Gasteiger partial charge in [0.1, 0.15) is 5.75 Å². The zero-order chi connectivity index (χ0) is 24.2. The summed E-state index contributed by atoms with van der Waals surface area (Å²) in [5, 5.41) is 3.05. The summed E-state index contributed by atoms with van der Waals surface area (Å²) >= 11 is 6.29. The Balaban J connectivity index is 1.96. The van der Waals surface area contributed by atoms with Crippen molar-refractivity contribution in [3.8, 4) is 5.75 Å². The second-order valence-electron chi connectivity index (χ2n) is 7.64. The van der Waals surface area contributed by atoms with E-state index >= 15 is 0 Å². The number of rotatable bonds is 8. The quantitative estimate of drug-likeness (QED) is 0.427. The number of anilines is 2. The molecule has 174 valence electrons. The fourth-order valence-corrected chi connectivity index (χ4v) is 4.90. The van der Waals surface area contributed by atoms with Crippen LogP contribution in [-0.4, -0.2) is 28.5 Å². The molecule has 0 radical (unpaired) electrons. The molecule has 0 aliphatic rings. The molecule has 0 aliphatic carbocycles. The van der Waals surface area contributed by atoms with E-state index in [4.69, 9.17) is 16.3 Å². The van der Waals surface area contributed by atoms with Crippen molar-refractivity contribution in [2.45, 2.75) is 31.1 Å². The maximum atomic E-state index is 13.3. The van der Waals surface area contributed by atoms with Gasteiger partial charge in [0.15, 0.2) is 0 Å². The normalized spacial score (nSPS) is 12.2. The Morgan fingerprint density at radius 1 is 1.09 bits per heavy atom. The largest absolute Gasteiger partial charge is 0.495 e. The van der Waals surface area contributed by atoms with E-state index in [9.17, 15) is 13.2 Å². The topological polar surface area (TPSA) is 75.7 Å². The van der Waals surface area contributed by atoms with Gasteiger partial charge in [-0.25, -0.2) is 8.42 Å². The van der Waals surface area contributed by atoms with Crippen molar-refractivity contribution in [2.24, 2.45) is 0 Å². The SMILES string of the molecule is CC[C@@H](C)c1ccccc1NC(=O)c1cc(S(=O)(=O)N(C)c2ccccc2OC)ccc1Cl. The van der Waals surface area contributed by atoms with Gasteiger partial charge < -0.3 is 10.1 Å². The van der Waals surface area contributed by atoms with E-state index in [1.165, 1.54) is 32.4 Å². The molecule has 1 N–H and O–H groups in total. The number of nitrogens with one attached hydrogen (secondary N) is 1. The number of para-hydroxylation sites is 3. The third kappa shape index (κ3) is 5.15. The highest BCUT2D eigenvalue weighted by atomic mass is 35.5. The van der Waals surface area contributed by atoms with Gasteiger partial charge in [-0.05, 0) is 54.3 Å². The van der Waals surface area contributed by atoms with Crippen LogP contribution in [-0.2, 0) is 10.0 Å². The van der Waals surface area contributed by atoms with Crippen molar-refractivity contribution >= 4 is 38.9 Å². The lowest BCUT2D eigenvalue weighted by molar-refractivity contribution is 0.102. The zero-order valence-electron chi connectivity index (χ0n) is 19.0. The first-order valence-corrected chi connectivity index (χ1v) is 12.3. The van der Waals surface area contributed by atoms with Gasteiger partial charge in [-0.15, -0.1) is 0 Å². The summed E-state index contributed by atoms with van der Waals surface area (Å²) in [7, 11) is -1.07. The molecule has 0 aromatic heterocycles. The minimum Gasteiger partial charge on any atom is -0.495 e. The van der Waals surface area contributed by atoms with E-state index in [-0.39, 0.29) is 21.4 Å². The van der Waals surface area contributed by atoms with Gasteiger partial charge in [0.25, 0.3) is 15.9 Å². The van der Waals surface area contributed by atoms with Gasteiger partial charge in [-0.2, -0.15) is 0 Å². The fourth-order valence-electron chi connectivity index (χ4n) is 3.47. The standard InChI is InChI=1S/C25H27ClN2O4S/c1-5-17(2)19-10-6-7-11-22(19)27-25(29)20-16-18(14-15-21(20)26)33(30,31)28(3)23-12-8-9-13-24(23)32-4/h6-17H,5H2,1-4H3,(H,27,29)/t17-/m1/s1. The minimum atomic E-state index is -3.98. The fraction of sp³-hybridized carbons (Fsp3) is 0.240. The Kier molecular flexibility index (Phi) is 7.66. The summed E-state index contributed by atoms with van der Waals surface area (Å²) in [5.41, 5.74) is 2.13. The number of benzene rings is 3. The summed E-state index contributed by atoms with van der Waals surface area (Å²) < 4.78 is 33.1. The van der Waals surface area contributed by atoms with Crippen molar-refractivity contribution in [1.29, 1.82) is 0 Å². The van der Waals surface area contributed by atoms with Gasteiger partial charge in [0.05, 0.1) is 28.3 Å². The van der Waals surface area contributed by atoms with Crippen LogP contribution >= 0.6 is 11.6 Å². The van der Waals surface area contributed by atoms with Crippen LogP contribution in [0, 0.1) is 0 Å². The van der Waals surface area contributed by atoms with Crippen LogP contribution in [0.5, 0.6) is 5.75 Å². The van der Waals surface area contributed by atoms with E-state index in [0.29, 0.717) is 17.1 Å². The number of methoxy groups -OCH3 is 1. The molecular formula is C25H27ClN2O4S. The Morgan fingerprint density at radius 2 is 1.76 bits per heavy atom. The average molecular weight is 487 g/mol. The number of halogens is 1. The Morgan fingerprint density at radius 3 is 2.45 bits per heavy atom. The van der Waals surface area contributed by atoms with Crippen LogP contribution in [0.2, 0.25) is 5.02 Å². The smallest absolute Gasteiger partial charge is 0.264 e. The first-order valence-electron chi connectivity index (χ1n) is 10.5. The summed E-state index contributed by atoms with van der Waals surface area (Å²) in [6, 6.07) is 18.4. The lowest BCUT2D eigenvalue weighted by Gasteiger charge is -2.22. The lowest BCUT2D eigenvalue weighted by atomic mass is 9.97. The van der Waals surface area contributed by atoms with Crippen molar-refractivity contribution in [1.82, 2.24) is 0 Å². The lowest BCUT2D eigenvalue weighted by Crippen LogP contribution is -2.27. The van der Waals surface area contributed by atoms with Crippen molar-refractivity contribution in [2.75, 3.05) is 23.8 Å². The number of hydrogen-bond acceptors (Lipinski definition) is 4. The van der Waals surface area contributed by atoms with Crippen molar-refractivity contribution in [3.05, 3.63) is 82.9 Å². The number of nitrogens with zero attached hydrogens (tertiary/aromatic N) is 1. The van der Waals surface area contributed by atoms with Crippen LogP contribution in [0.25, 0.3) is 0 Å². The second kappa shape index (κ2) is 10.3. The predicted molar refractivity (Wildman–Crippen MR) is 133 cm³/mol. The van der Waals surface area contributed by atoms with E-state index < -0.39 is 15.9 Å². The number of carbonyl (C=O) groups is 1. The molecule has 3 aromatic carbocycles. The molecule has 0 saturated heterocycles. The van der Waals surface area contributed by atoms with Crippen LogP contribution in [0.1, 0.15) is 42.1 Å². The number of carbonyl (C=O) groups excluding carboxylic acids is 1. The molecule has 0 saturated carbocycles. The van der Waals surface area contributed by atoms with Gasteiger partial charge in [0.2, 0.25) is 0 Å². The maximum Gasteiger partial charge on any atom is 0.264 e. The molecule has 33 heavy (non-hydrogen) atoms. The zero-order valence-corrected chi connectivity index (χ0v) is 20.6. The summed E-state index contributed by atoms with van der Waals surface area (Å²) in [5.74, 6) is 0.183. The highest BCUT2D eigenvalue weighted by Crippen LogP contribution is 2.32. The second-order valence-corrected chi connectivity index (χ2v) is 10.0. The minimum absolute atomic E-state index is 0.0549. The maximum absolute atomic E-state index is 13.3. The molecule has 0 heterocycles. The average Bonchev–Trinajstić information content (AvgIpc) is 2.83. The molecule has 0 spiro atoms. The molecule has 1 amide bonds. The van der Waals surface area contributed by atoms with Gasteiger partial charge >= 0.3 is 0 Å². The number of hydrogen-bond donors (Lipinski definition) is 1. The molecule has 0 fully saturated rings. The first kappa shape index (κ1) is 24.6. The summed E-state index contributed by atoms with van der Waals surface area (Å²) in [4.78, 5) is 13.0. The molecule has 8 heteroatoms. The van der Waals surface area contributed by atoms with E-state index in [1.54, 1.807) is 24.3 Å². The van der Waals surface area contributed by atoms with Crippen molar-refractivity contribution < 1.29 is 17.9 Å². The molecule has 3 aromatic rings. The van der Waals surface area contributed by atoms with Crippen LogP contribution in [0.15, 0.2) is 71.6 Å². The summed E-state index contributed by atoms with van der Waals surface area (Å²) in [6.45, 7) is 4.16.